The van der Waals surface area contributed by atoms with Gasteiger partial charge in [0.1, 0.15) is 11.6 Å². The summed E-state index contributed by atoms with van der Waals surface area (Å²) in [6.45, 7) is 0.490. The number of pyridine rings is 1. The predicted octanol–water partition coefficient (Wildman–Crippen LogP) is 5.03. The van der Waals surface area contributed by atoms with Gasteiger partial charge in [-0.05, 0) is 42.7 Å². The van der Waals surface area contributed by atoms with Crippen LogP contribution in [0, 0.1) is 5.82 Å². The molecule has 0 aliphatic heterocycles. The van der Waals surface area contributed by atoms with Crippen molar-refractivity contribution in [1.29, 1.82) is 0 Å². The lowest BCUT2D eigenvalue weighted by atomic mass is 9.96. The molecule has 1 saturated carbocycles. The van der Waals surface area contributed by atoms with Crippen LogP contribution in [0.4, 0.5) is 16.2 Å². The molecule has 1 aliphatic carbocycles. The van der Waals surface area contributed by atoms with Crippen molar-refractivity contribution < 1.29 is 4.39 Å². The van der Waals surface area contributed by atoms with Gasteiger partial charge in [-0.3, -0.25) is 4.98 Å². The number of hydrogen-bond donors (Lipinski definition) is 2. The van der Waals surface area contributed by atoms with Crippen LogP contribution in [0.3, 0.4) is 0 Å². The maximum Gasteiger partial charge on any atom is 0.225 e. The van der Waals surface area contributed by atoms with Crippen LogP contribution in [0.15, 0.2) is 54.9 Å². The van der Waals surface area contributed by atoms with Gasteiger partial charge in [-0.2, -0.15) is 4.98 Å². The summed E-state index contributed by atoms with van der Waals surface area (Å²) < 4.78 is 13.4. The Morgan fingerprint density at radius 3 is 2.68 bits per heavy atom. The standard InChI is InChI=1S/C22H24FN5/c23-18-8-4-6-16(12-18)14-25-21-13-20(17-7-5-11-24-15-17)27-22(28-21)26-19-9-2-1-3-10-19/h4-8,11-13,15,19H,1-3,9-10,14H2,(H2,25,26,27,28). The van der Waals surface area contributed by atoms with Crippen LogP contribution >= 0.6 is 0 Å². The first-order chi connectivity index (χ1) is 13.8. The van der Waals surface area contributed by atoms with Crippen LogP contribution in [0.5, 0.6) is 0 Å². The molecule has 1 fully saturated rings. The van der Waals surface area contributed by atoms with Crippen LogP contribution in [-0.4, -0.2) is 21.0 Å². The lowest BCUT2D eigenvalue weighted by Crippen LogP contribution is -2.23. The van der Waals surface area contributed by atoms with Gasteiger partial charge in [0.05, 0.1) is 5.69 Å². The van der Waals surface area contributed by atoms with Crippen LogP contribution < -0.4 is 10.6 Å². The van der Waals surface area contributed by atoms with Gasteiger partial charge in [0.2, 0.25) is 5.95 Å². The SMILES string of the molecule is Fc1cccc(CNc2cc(-c3cccnc3)nc(NC3CCCCC3)n2)c1. The highest BCUT2D eigenvalue weighted by Gasteiger charge is 2.15. The molecule has 2 heterocycles. The van der Waals surface area contributed by atoms with E-state index in [1.54, 1.807) is 18.5 Å². The van der Waals surface area contributed by atoms with Crippen LogP contribution in [0.25, 0.3) is 11.3 Å². The van der Waals surface area contributed by atoms with Crippen LogP contribution in [0.2, 0.25) is 0 Å². The van der Waals surface area contributed by atoms with Gasteiger partial charge >= 0.3 is 0 Å². The largest absolute Gasteiger partial charge is 0.366 e. The zero-order valence-corrected chi connectivity index (χ0v) is 15.7. The summed E-state index contributed by atoms with van der Waals surface area (Å²) in [6, 6.07) is 12.8. The molecule has 0 bridgehead atoms. The van der Waals surface area contributed by atoms with Crippen molar-refractivity contribution in [2.45, 2.75) is 44.7 Å². The highest BCUT2D eigenvalue weighted by molar-refractivity contribution is 5.63. The van der Waals surface area contributed by atoms with E-state index in [2.05, 4.69) is 20.6 Å². The average Bonchev–Trinajstić information content (AvgIpc) is 2.74. The number of nitrogens with one attached hydrogen (secondary N) is 2. The summed E-state index contributed by atoms with van der Waals surface area (Å²) in [7, 11) is 0. The molecule has 28 heavy (non-hydrogen) atoms. The van der Waals surface area contributed by atoms with Crippen molar-refractivity contribution in [1.82, 2.24) is 15.0 Å². The highest BCUT2D eigenvalue weighted by Crippen LogP contribution is 2.24. The Hall–Kier alpha value is -3.02. The minimum Gasteiger partial charge on any atom is -0.366 e. The first-order valence-electron chi connectivity index (χ1n) is 9.80. The second-order valence-electron chi connectivity index (χ2n) is 7.17. The molecule has 6 heteroatoms. The smallest absolute Gasteiger partial charge is 0.225 e. The second-order valence-corrected chi connectivity index (χ2v) is 7.17. The molecule has 4 rings (SSSR count). The quantitative estimate of drug-likeness (QED) is 0.630. The Kier molecular flexibility index (Phi) is 5.75. The van der Waals surface area contributed by atoms with E-state index in [1.807, 2.05) is 24.3 Å². The molecule has 1 aromatic carbocycles. The lowest BCUT2D eigenvalue weighted by molar-refractivity contribution is 0.461. The van der Waals surface area contributed by atoms with E-state index in [4.69, 9.17) is 4.98 Å². The summed E-state index contributed by atoms with van der Waals surface area (Å²) >= 11 is 0. The first kappa shape index (κ1) is 18.3. The van der Waals surface area contributed by atoms with Crippen molar-refractivity contribution in [3.63, 3.8) is 0 Å². The summed E-state index contributed by atoms with van der Waals surface area (Å²) in [5.41, 5.74) is 2.61. The third kappa shape index (κ3) is 4.82. The van der Waals surface area contributed by atoms with Crippen molar-refractivity contribution in [2.75, 3.05) is 10.6 Å². The summed E-state index contributed by atoms with van der Waals surface area (Å²) in [5, 5.41) is 6.79. The van der Waals surface area contributed by atoms with Crippen molar-refractivity contribution in [3.8, 4) is 11.3 Å². The molecule has 2 aromatic heterocycles. The molecule has 144 valence electrons. The van der Waals surface area contributed by atoms with Gasteiger partial charge < -0.3 is 10.6 Å². The fourth-order valence-electron chi connectivity index (χ4n) is 3.53. The number of nitrogens with zero attached hydrogens (tertiary/aromatic N) is 3. The van der Waals surface area contributed by atoms with Crippen LogP contribution in [-0.2, 0) is 6.54 Å². The van der Waals surface area contributed by atoms with E-state index in [0.717, 1.165) is 29.7 Å². The number of anilines is 2. The van der Waals surface area contributed by atoms with E-state index < -0.39 is 0 Å². The van der Waals surface area contributed by atoms with Gasteiger partial charge in [0, 0.05) is 36.6 Å². The molecular weight excluding hydrogens is 353 g/mol. The topological polar surface area (TPSA) is 62.7 Å². The Bertz CT molecular complexity index is 910. The van der Waals surface area contributed by atoms with E-state index in [0.29, 0.717) is 24.4 Å². The fourth-order valence-corrected chi connectivity index (χ4v) is 3.53. The molecule has 0 amide bonds. The minimum atomic E-state index is -0.238. The highest BCUT2D eigenvalue weighted by atomic mass is 19.1. The summed E-state index contributed by atoms with van der Waals surface area (Å²) in [5.74, 6) is 1.09. The molecule has 3 aromatic rings. The zero-order chi connectivity index (χ0) is 19.2. The van der Waals surface area contributed by atoms with Gasteiger partial charge in [0.25, 0.3) is 0 Å². The Morgan fingerprint density at radius 2 is 1.89 bits per heavy atom. The predicted molar refractivity (Wildman–Crippen MR) is 109 cm³/mol. The second kappa shape index (κ2) is 8.78. The van der Waals surface area contributed by atoms with Gasteiger partial charge in [0.15, 0.2) is 0 Å². The molecular formula is C22H24FN5. The van der Waals surface area contributed by atoms with Crippen molar-refractivity contribution >= 4 is 11.8 Å². The normalized spacial score (nSPS) is 14.6. The molecule has 0 atom stereocenters. The van der Waals surface area contributed by atoms with E-state index in [1.165, 1.54) is 31.4 Å². The first-order valence-corrected chi connectivity index (χ1v) is 9.80. The van der Waals surface area contributed by atoms with E-state index in [9.17, 15) is 4.39 Å². The van der Waals surface area contributed by atoms with Gasteiger partial charge in [-0.1, -0.05) is 31.4 Å². The molecule has 2 N–H and O–H groups in total. The molecule has 1 aliphatic rings. The van der Waals surface area contributed by atoms with E-state index >= 15 is 0 Å². The van der Waals surface area contributed by atoms with Crippen LogP contribution in [0.1, 0.15) is 37.7 Å². The maximum atomic E-state index is 13.4. The van der Waals surface area contributed by atoms with E-state index in [-0.39, 0.29) is 5.82 Å². The monoisotopic (exact) mass is 377 g/mol. The van der Waals surface area contributed by atoms with Crippen molar-refractivity contribution in [3.05, 3.63) is 66.2 Å². The Morgan fingerprint density at radius 1 is 1.00 bits per heavy atom. The number of halogens is 1. The minimum absolute atomic E-state index is 0.238. The number of rotatable bonds is 6. The van der Waals surface area contributed by atoms with Gasteiger partial charge in [-0.25, -0.2) is 9.37 Å². The third-order valence-corrected chi connectivity index (χ3v) is 4.98. The molecule has 0 unspecified atom stereocenters. The summed E-state index contributed by atoms with van der Waals surface area (Å²) in [4.78, 5) is 13.5. The van der Waals surface area contributed by atoms with Gasteiger partial charge in [-0.15, -0.1) is 0 Å². The number of benzene rings is 1. The maximum absolute atomic E-state index is 13.4. The molecule has 0 spiro atoms. The molecule has 0 radical (unpaired) electrons. The number of hydrogen-bond acceptors (Lipinski definition) is 5. The Labute approximate surface area is 164 Å². The zero-order valence-electron chi connectivity index (χ0n) is 15.7. The number of aromatic nitrogens is 3. The summed E-state index contributed by atoms with van der Waals surface area (Å²) in [6.07, 6.45) is 9.61. The molecule has 5 nitrogen and oxygen atoms in total. The third-order valence-electron chi connectivity index (χ3n) is 4.98. The fraction of sp³-hybridized carbons (Fsp3) is 0.318. The molecule has 0 saturated heterocycles. The van der Waals surface area contributed by atoms with Crippen molar-refractivity contribution in [2.24, 2.45) is 0 Å². The lowest BCUT2D eigenvalue weighted by Gasteiger charge is -2.23. The Balaban J connectivity index is 1.57. The average molecular weight is 377 g/mol.